The van der Waals surface area contributed by atoms with Crippen LogP contribution in [0.2, 0.25) is 0 Å². The van der Waals surface area contributed by atoms with Gasteiger partial charge >= 0.3 is 0 Å². The number of nitrogens with one attached hydrogen (secondary N) is 1. The van der Waals surface area contributed by atoms with E-state index >= 15 is 0 Å². The summed E-state index contributed by atoms with van der Waals surface area (Å²) < 4.78 is 7.10. The van der Waals surface area contributed by atoms with Gasteiger partial charge in [-0.15, -0.1) is 11.3 Å². The van der Waals surface area contributed by atoms with E-state index in [1.165, 1.54) is 19.8 Å². The van der Waals surface area contributed by atoms with Crippen molar-refractivity contribution in [2.24, 2.45) is 0 Å². The van der Waals surface area contributed by atoms with E-state index in [0.717, 1.165) is 32.5 Å². The molecular formula is C16H18BrNOS. The maximum Gasteiger partial charge on any atom is 0.0952 e. The second-order valence-corrected chi connectivity index (χ2v) is 7.52. The van der Waals surface area contributed by atoms with Gasteiger partial charge in [-0.3, -0.25) is 0 Å². The molecule has 3 rings (SSSR count). The van der Waals surface area contributed by atoms with Gasteiger partial charge in [0.25, 0.3) is 0 Å². The summed E-state index contributed by atoms with van der Waals surface area (Å²) in [6.07, 6.45) is 2.32. The van der Waals surface area contributed by atoms with Gasteiger partial charge in [-0.1, -0.05) is 24.3 Å². The molecule has 0 aliphatic carbocycles. The number of benzene rings is 1. The van der Waals surface area contributed by atoms with Crippen LogP contribution < -0.4 is 5.32 Å². The van der Waals surface area contributed by atoms with E-state index in [2.05, 4.69) is 57.6 Å². The number of halogens is 1. The van der Waals surface area contributed by atoms with E-state index in [1.54, 1.807) is 0 Å². The highest BCUT2D eigenvalue weighted by atomic mass is 79.9. The molecule has 1 aliphatic heterocycles. The van der Waals surface area contributed by atoms with Crippen LogP contribution in [-0.2, 0) is 17.6 Å². The summed E-state index contributed by atoms with van der Waals surface area (Å²) in [5.74, 6) is 0. The van der Waals surface area contributed by atoms with E-state index in [4.69, 9.17) is 4.74 Å². The molecule has 0 bridgehead atoms. The summed E-state index contributed by atoms with van der Waals surface area (Å²) in [4.78, 5) is 1.41. The summed E-state index contributed by atoms with van der Waals surface area (Å²) in [5.41, 5.74) is 2.79. The Hall–Kier alpha value is -0.680. The van der Waals surface area contributed by atoms with Gasteiger partial charge in [0.1, 0.15) is 0 Å². The molecule has 106 valence electrons. The number of ether oxygens (including phenoxy) is 1. The van der Waals surface area contributed by atoms with Crippen molar-refractivity contribution in [1.82, 2.24) is 5.32 Å². The SMILES string of the molecule is Brc1ccc(CCNCC2OCCc3ccccc32)s1. The minimum absolute atomic E-state index is 0.204. The Morgan fingerprint density at radius 1 is 1.25 bits per heavy atom. The second-order valence-electron chi connectivity index (χ2n) is 4.97. The molecule has 2 heterocycles. The molecule has 1 aromatic heterocycles. The van der Waals surface area contributed by atoms with E-state index in [-0.39, 0.29) is 6.10 Å². The van der Waals surface area contributed by atoms with E-state index in [9.17, 15) is 0 Å². The molecule has 0 spiro atoms. The van der Waals surface area contributed by atoms with Gasteiger partial charge in [0, 0.05) is 18.0 Å². The Labute approximate surface area is 132 Å². The Bertz CT molecular complexity index is 569. The lowest BCUT2D eigenvalue weighted by Crippen LogP contribution is -2.28. The van der Waals surface area contributed by atoms with Crippen LogP contribution in [0.25, 0.3) is 0 Å². The maximum absolute atomic E-state index is 5.89. The summed E-state index contributed by atoms with van der Waals surface area (Å²) in [7, 11) is 0. The van der Waals surface area contributed by atoms with Crippen molar-refractivity contribution < 1.29 is 4.74 Å². The van der Waals surface area contributed by atoms with Crippen molar-refractivity contribution >= 4 is 27.3 Å². The molecule has 2 aromatic rings. The largest absolute Gasteiger partial charge is 0.372 e. The van der Waals surface area contributed by atoms with E-state index in [1.807, 2.05) is 11.3 Å². The lowest BCUT2D eigenvalue weighted by atomic mass is 9.97. The first-order chi connectivity index (χ1) is 9.83. The topological polar surface area (TPSA) is 21.3 Å². The zero-order chi connectivity index (χ0) is 13.8. The van der Waals surface area contributed by atoms with Crippen LogP contribution in [0.5, 0.6) is 0 Å². The van der Waals surface area contributed by atoms with E-state index < -0.39 is 0 Å². The summed E-state index contributed by atoms with van der Waals surface area (Å²) in [5, 5.41) is 3.52. The second kappa shape index (κ2) is 6.85. The van der Waals surface area contributed by atoms with Gasteiger partial charge in [-0.05, 0) is 52.0 Å². The highest BCUT2D eigenvalue weighted by Crippen LogP contribution is 2.26. The molecule has 2 nitrogen and oxygen atoms in total. The number of fused-ring (bicyclic) bond motifs is 1. The first kappa shape index (κ1) is 14.3. The molecular weight excluding hydrogens is 334 g/mol. The highest BCUT2D eigenvalue weighted by Gasteiger charge is 2.19. The molecule has 0 saturated carbocycles. The first-order valence-corrected chi connectivity index (χ1v) is 8.58. The van der Waals surface area contributed by atoms with Crippen LogP contribution in [0.1, 0.15) is 22.1 Å². The lowest BCUT2D eigenvalue weighted by molar-refractivity contribution is 0.0427. The van der Waals surface area contributed by atoms with Crippen molar-refractivity contribution in [2.45, 2.75) is 18.9 Å². The predicted octanol–water partition coefficient (Wildman–Crippen LogP) is 3.96. The molecule has 0 saturated heterocycles. The van der Waals surface area contributed by atoms with Gasteiger partial charge in [0.15, 0.2) is 0 Å². The van der Waals surface area contributed by atoms with Gasteiger partial charge in [0.2, 0.25) is 0 Å². The molecule has 0 radical (unpaired) electrons. The molecule has 1 atom stereocenters. The Morgan fingerprint density at radius 2 is 2.15 bits per heavy atom. The number of hydrogen-bond acceptors (Lipinski definition) is 3. The highest BCUT2D eigenvalue weighted by molar-refractivity contribution is 9.11. The zero-order valence-corrected chi connectivity index (χ0v) is 13.7. The summed E-state index contributed by atoms with van der Waals surface area (Å²) in [6.45, 7) is 2.72. The third-order valence-corrected chi connectivity index (χ3v) is 5.28. The third kappa shape index (κ3) is 3.50. The molecule has 0 amide bonds. The average Bonchev–Trinajstić information content (AvgIpc) is 2.89. The van der Waals surface area contributed by atoms with Crippen molar-refractivity contribution in [2.75, 3.05) is 19.7 Å². The molecule has 20 heavy (non-hydrogen) atoms. The first-order valence-electron chi connectivity index (χ1n) is 6.97. The van der Waals surface area contributed by atoms with Gasteiger partial charge in [-0.2, -0.15) is 0 Å². The fraction of sp³-hybridized carbons (Fsp3) is 0.375. The molecule has 1 aliphatic rings. The smallest absolute Gasteiger partial charge is 0.0952 e. The zero-order valence-electron chi connectivity index (χ0n) is 11.3. The lowest BCUT2D eigenvalue weighted by Gasteiger charge is -2.26. The van der Waals surface area contributed by atoms with Gasteiger partial charge in [-0.25, -0.2) is 0 Å². The molecule has 4 heteroatoms. The standard InChI is InChI=1S/C16H18BrNOS/c17-16-6-5-13(20-16)7-9-18-11-15-14-4-2-1-3-12(14)8-10-19-15/h1-6,15,18H,7-11H2. The summed E-state index contributed by atoms with van der Waals surface area (Å²) in [6, 6.07) is 12.9. The fourth-order valence-corrected chi connectivity index (χ4v) is 4.06. The van der Waals surface area contributed by atoms with E-state index in [0.29, 0.717) is 0 Å². The van der Waals surface area contributed by atoms with Gasteiger partial charge in [0.05, 0.1) is 16.5 Å². The van der Waals surface area contributed by atoms with Crippen LogP contribution in [0.4, 0.5) is 0 Å². The summed E-state index contributed by atoms with van der Waals surface area (Å²) >= 11 is 5.31. The average molecular weight is 352 g/mol. The predicted molar refractivity (Wildman–Crippen MR) is 87.4 cm³/mol. The number of thiophene rings is 1. The van der Waals surface area contributed by atoms with Crippen LogP contribution in [0.15, 0.2) is 40.2 Å². The quantitative estimate of drug-likeness (QED) is 0.823. The number of rotatable bonds is 5. The maximum atomic E-state index is 5.89. The third-order valence-electron chi connectivity index (χ3n) is 3.60. The monoisotopic (exact) mass is 351 g/mol. The van der Waals surface area contributed by atoms with Crippen LogP contribution in [-0.4, -0.2) is 19.7 Å². The van der Waals surface area contributed by atoms with Crippen molar-refractivity contribution in [3.8, 4) is 0 Å². The Morgan fingerprint density at radius 3 is 3.00 bits per heavy atom. The van der Waals surface area contributed by atoms with Crippen molar-refractivity contribution in [1.29, 1.82) is 0 Å². The Kier molecular flexibility index (Phi) is 4.89. The molecule has 1 aromatic carbocycles. The normalized spacial score (nSPS) is 17.9. The van der Waals surface area contributed by atoms with Crippen molar-refractivity contribution in [3.05, 3.63) is 56.2 Å². The molecule has 1 unspecified atom stereocenters. The minimum Gasteiger partial charge on any atom is -0.372 e. The number of hydrogen-bond donors (Lipinski definition) is 1. The minimum atomic E-state index is 0.204. The van der Waals surface area contributed by atoms with Crippen LogP contribution >= 0.6 is 27.3 Å². The van der Waals surface area contributed by atoms with Crippen LogP contribution in [0, 0.1) is 0 Å². The van der Waals surface area contributed by atoms with Crippen LogP contribution in [0.3, 0.4) is 0 Å². The van der Waals surface area contributed by atoms with Gasteiger partial charge < -0.3 is 10.1 Å². The van der Waals surface area contributed by atoms with Crippen molar-refractivity contribution in [3.63, 3.8) is 0 Å². The molecule has 1 N–H and O–H groups in total. The molecule has 0 fully saturated rings. The fourth-order valence-electron chi connectivity index (χ4n) is 2.58. The Balaban J connectivity index is 1.50.